The van der Waals surface area contributed by atoms with Gasteiger partial charge < -0.3 is 14.7 Å². The van der Waals surface area contributed by atoms with Crippen LogP contribution >= 0.6 is 0 Å². The monoisotopic (exact) mass is 373 g/mol. The van der Waals surface area contributed by atoms with E-state index >= 15 is 0 Å². The van der Waals surface area contributed by atoms with Crippen molar-refractivity contribution in [3.05, 3.63) is 40.9 Å². The van der Waals surface area contributed by atoms with Crippen LogP contribution in [0.3, 0.4) is 0 Å². The lowest BCUT2D eigenvalue weighted by molar-refractivity contribution is -0.159. The molecule has 0 saturated carbocycles. The summed E-state index contributed by atoms with van der Waals surface area (Å²) in [7, 11) is 1.46. The highest BCUT2D eigenvalue weighted by Crippen LogP contribution is 2.31. The molecule has 0 spiro atoms. The van der Waals surface area contributed by atoms with Crippen molar-refractivity contribution in [2.45, 2.75) is 25.8 Å². The molecule has 1 amide bonds. The zero-order chi connectivity index (χ0) is 19.4. The fourth-order valence-electron chi connectivity index (χ4n) is 3.61. The van der Waals surface area contributed by atoms with Gasteiger partial charge in [0.1, 0.15) is 5.41 Å². The number of piperidine rings is 1. The smallest absolute Gasteiger partial charge is 0.313 e. The minimum Gasteiger partial charge on any atom is -0.481 e. The topological polar surface area (TPSA) is 102 Å². The molecule has 1 aliphatic rings. The second kappa shape index (κ2) is 7.87. The molecule has 27 heavy (non-hydrogen) atoms. The van der Waals surface area contributed by atoms with Crippen LogP contribution in [0.15, 0.2) is 35.4 Å². The second-order valence-electron chi connectivity index (χ2n) is 6.95. The number of hydrogen-bond donors (Lipinski definition) is 1. The predicted octanol–water partition coefficient (Wildman–Crippen LogP) is 1.13. The van der Waals surface area contributed by atoms with E-state index in [0.29, 0.717) is 30.3 Å². The van der Waals surface area contributed by atoms with E-state index in [1.54, 1.807) is 23.1 Å². The van der Waals surface area contributed by atoms with Gasteiger partial charge in [-0.1, -0.05) is 12.1 Å². The molecule has 1 atom stereocenters. The number of rotatable bonds is 6. The number of likely N-dealkylation sites (tertiary alicyclic amines) is 1. The SMILES string of the molecule is COCC1(C(=O)O)CCCN(C(=O)CCn2cnc3ccccc3c2=O)C1. The number of aromatic nitrogens is 2. The van der Waals surface area contributed by atoms with E-state index in [9.17, 15) is 19.5 Å². The zero-order valence-corrected chi connectivity index (χ0v) is 15.3. The minimum atomic E-state index is -1.07. The molecule has 1 saturated heterocycles. The maximum atomic E-state index is 12.6. The molecule has 1 aromatic carbocycles. The van der Waals surface area contributed by atoms with E-state index in [1.807, 2.05) is 6.07 Å². The van der Waals surface area contributed by atoms with Crippen molar-refractivity contribution in [2.75, 3.05) is 26.8 Å². The van der Waals surface area contributed by atoms with E-state index in [-0.39, 0.29) is 37.6 Å². The first-order valence-corrected chi connectivity index (χ1v) is 8.91. The first kappa shape index (κ1) is 19.0. The number of carboxylic acid groups (broad SMARTS) is 1. The number of aliphatic carboxylic acids is 1. The van der Waals surface area contributed by atoms with Crippen LogP contribution in [0.5, 0.6) is 0 Å². The van der Waals surface area contributed by atoms with E-state index in [1.165, 1.54) is 18.0 Å². The fourth-order valence-corrected chi connectivity index (χ4v) is 3.61. The quantitative estimate of drug-likeness (QED) is 0.814. The molecule has 8 heteroatoms. The number of carbonyl (C=O) groups excluding carboxylic acids is 1. The van der Waals surface area contributed by atoms with E-state index in [4.69, 9.17) is 4.74 Å². The molecule has 144 valence electrons. The van der Waals surface area contributed by atoms with Crippen molar-refractivity contribution in [2.24, 2.45) is 5.41 Å². The Hall–Kier alpha value is -2.74. The maximum Gasteiger partial charge on any atom is 0.313 e. The Kier molecular flexibility index (Phi) is 5.55. The fraction of sp³-hybridized carbons (Fsp3) is 0.474. The average molecular weight is 373 g/mol. The van der Waals surface area contributed by atoms with Crippen molar-refractivity contribution in [1.82, 2.24) is 14.5 Å². The van der Waals surface area contributed by atoms with Gasteiger partial charge in [0.2, 0.25) is 5.91 Å². The third-order valence-electron chi connectivity index (χ3n) is 5.10. The minimum absolute atomic E-state index is 0.0696. The lowest BCUT2D eigenvalue weighted by Crippen LogP contribution is -2.52. The van der Waals surface area contributed by atoms with Crippen LogP contribution < -0.4 is 5.56 Å². The van der Waals surface area contributed by atoms with E-state index in [2.05, 4.69) is 4.98 Å². The third-order valence-corrected chi connectivity index (χ3v) is 5.10. The Bertz CT molecular complexity index is 906. The zero-order valence-electron chi connectivity index (χ0n) is 15.3. The number of aryl methyl sites for hydroxylation is 1. The van der Waals surface area contributed by atoms with Gasteiger partial charge in [-0.2, -0.15) is 0 Å². The Balaban J connectivity index is 1.70. The Morgan fingerprint density at radius 3 is 2.85 bits per heavy atom. The maximum absolute atomic E-state index is 12.6. The lowest BCUT2D eigenvalue weighted by atomic mass is 9.80. The van der Waals surface area contributed by atoms with Gasteiger partial charge >= 0.3 is 5.97 Å². The summed E-state index contributed by atoms with van der Waals surface area (Å²) in [5, 5.41) is 10.1. The standard InChI is InChI=1S/C19H23N3O5/c1-27-12-19(18(25)26)8-4-9-21(11-19)16(23)7-10-22-13-20-15-6-3-2-5-14(15)17(22)24/h2-3,5-6,13H,4,7-12H2,1H3,(H,25,26). The van der Waals surface area contributed by atoms with Gasteiger partial charge in [0.25, 0.3) is 5.56 Å². The molecule has 0 aliphatic carbocycles. The molecule has 1 aliphatic heterocycles. The molecule has 8 nitrogen and oxygen atoms in total. The predicted molar refractivity (Wildman–Crippen MR) is 98.4 cm³/mol. The molecule has 3 rings (SSSR count). The molecular weight excluding hydrogens is 350 g/mol. The molecule has 1 N–H and O–H groups in total. The normalized spacial score (nSPS) is 20.0. The molecule has 2 aromatic rings. The van der Waals surface area contributed by atoms with Crippen molar-refractivity contribution in [3.63, 3.8) is 0 Å². The number of amides is 1. The first-order chi connectivity index (χ1) is 13.0. The van der Waals surface area contributed by atoms with Gasteiger partial charge in [-0.25, -0.2) is 4.98 Å². The van der Waals surface area contributed by atoms with Crippen LogP contribution in [0.2, 0.25) is 0 Å². The summed E-state index contributed by atoms with van der Waals surface area (Å²) < 4.78 is 6.51. The highest BCUT2D eigenvalue weighted by molar-refractivity contribution is 5.80. The van der Waals surface area contributed by atoms with Crippen molar-refractivity contribution in [3.8, 4) is 0 Å². The molecule has 1 unspecified atom stereocenters. The van der Waals surface area contributed by atoms with E-state index in [0.717, 1.165) is 0 Å². The number of para-hydroxylation sites is 1. The number of methoxy groups -OCH3 is 1. The van der Waals surface area contributed by atoms with Gasteiger partial charge in [0.05, 0.1) is 23.8 Å². The van der Waals surface area contributed by atoms with Crippen LogP contribution in [-0.4, -0.2) is 58.2 Å². The lowest BCUT2D eigenvalue weighted by Gasteiger charge is -2.39. The molecule has 0 bridgehead atoms. The number of carboxylic acids is 1. The summed E-state index contributed by atoms with van der Waals surface area (Å²) in [5.74, 6) is -1.12. The average Bonchev–Trinajstić information content (AvgIpc) is 2.68. The third kappa shape index (κ3) is 3.85. The molecular formula is C19H23N3O5. The summed E-state index contributed by atoms with van der Waals surface area (Å²) >= 11 is 0. The van der Waals surface area contributed by atoms with Crippen LogP contribution in [-0.2, 0) is 20.9 Å². The summed E-state index contributed by atoms with van der Waals surface area (Å²) in [6.45, 7) is 0.916. The number of carbonyl (C=O) groups is 2. The van der Waals surface area contributed by atoms with Crippen LogP contribution in [0.4, 0.5) is 0 Å². The van der Waals surface area contributed by atoms with Crippen LogP contribution in [0.1, 0.15) is 19.3 Å². The largest absolute Gasteiger partial charge is 0.481 e. The van der Waals surface area contributed by atoms with Crippen molar-refractivity contribution < 1.29 is 19.4 Å². The van der Waals surface area contributed by atoms with Crippen LogP contribution in [0.25, 0.3) is 10.9 Å². The summed E-state index contributed by atoms with van der Waals surface area (Å²) in [6.07, 6.45) is 2.65. The molecule has 0 radical (unpaired) electrons. The van der Waals surface area contributed by atoms with Gasteiger partial charge in [-0.3, -0.25) is 19.0 Å². The summed E-state index contributed by atoms with van der Waals surface area (Å²) in [4.78, 5) is 42.6. The van der Waals surface area contributed by atoms with Crippen molar-refractivity contribution >= 4 is 22.8 Å². The highest BCUT2D eigenvalue weighted by Gasteiger charge is 2.43. The Morgan fingerprint density at radius 2 is 2.11 bits per heavy atom. The van der Waals surface area contributed by atoms with Crippen LogP contribution in [0, 0.1) is 5.41 Å². The highest BCUT2D eigenvalue weighted by atomic mass is 16.5. The second-order valence-corrected chi connectivity index (χ2v) is 6.95. The molecule has 2 heterocycles. The number of ether oxygens (including phenoxy) is 1. The first-order valence-electron chi connectivity index (χ1n) is 8.91. The number of nitrogens with zero attached hydrogens (tertiary/aromatic N) is 3. The number of benzene rings is 1. The van der Waals surface area contributed by atoms with Gasteiger partial charge in [-0.15, -0.1) is 0 Å². The van der Waals surface area contributed by atoms with Crippen molar-refractivity contribution in [1.29, 1.82) is 0 Å². The summed E-state index contributed by atoms with van der Waals surface area (Å²) in [5.41, 5.74) is -0.637. The molecule has 1 fully saturated rings. The van der Waals surface area contributed by atoms with E-state index < -0.39 is 11.4 Å². The number of fused-ring (bicyclic) bond motifs is 1. The molecule has 1 aromatic heterocycles. The summed E-state index contributed by atoms with van der Waals surface area (Å²) in [6, 6.07) is 7.06. The van der Waals surface area contributed by atoms with Gasteiger partial charge in [0.15, 0.2) is 0 Å². The van der Waals surface area contributed by atoms with Gasteiger partial charge in [0, 0.05) is 33.2 Å². The Morgan fingerprint density at radius 1 is 1.33 bits per heavy atom. The Labute approximate surface area is 156 Å². The number of hydrogen-bond acceptors (Lipinski definition) is 5. The van der Waals surface area contributed by atoms with Gasteiger partial charge in [-0.05, 0) is 25.0 Å².